The molecule has 1 aromatic rings. The number of hydrogen-bond acceptors (Lipinski definition) is 6. The molecule has 22 heavy (non-hydrogen) atoms. The zero-order valence-electron chi connectivity index (χ0n) is 12.0. The number of nitrogens with zero attached hydrogens (tertiary/aromatic N) is 1. The van der Waals surface area contributed by atoms with Gasteiger partial charge in [-0.15, -0.1) is 0 Å². The second-order valence-electron chi connectivity index (χ2n) is 4.38. The number of aromatic hydroxyl groups is 1. The van der Waals surface area contributed by atoms with Gasteiger partial charge in [-0.2, -0.15) is 0 Å². The molecule has 6 nitrogen and oxygen atoms in total. The standard InChI is InChI=1S/C14H14INO5S/c1-20-4-3-16-13(18)11(22-14(16)19)7-8-5-9(15)12(17)10(6-8)21-2/h5-7,17H,3-4H2,1-2H3. The first-order chi connectivity index (χ1) is 10.5. The summed E-state index contributed by atoms with van der Waals surface area (Å²) in [7, 11) is 2.97. The van der Waals surface area contributed by atoms with E-state index >= 15 is 0 Å². The molecule has 1 saturated heterocycles. The van der Waals surface area contributed by atoms with Gasteiger partial charge in [-0.25, -0.2) is 0 Å². The van der Waals surface area contributed by atoms with Gasteiger partial charge in [-0.1, -0.05) is 0 Å². The highest BCUT2D eigenvalue weighted by Crippen LogP contribution is 2.36. The molecule has 1 aromatic carbocycles. The van der Waals surface area contributed by atoms with Crippen molar-refractivity contribution in [3.05, 3.63) is 26.2 Å². The van der Waals surface area contributed by atoms with E-state index in [0.717, 1.165) is 16.7 Å². The normalized spacial score (nSPS) is 16.7. The Morgan fingerprint density at radius 3 is 2.73 bits per heavy atom. The molecule has 0 radical (unpaired) electrons. The second-order valence-corrected chi connectivity index (χ2v) is 6.54. The van der Waals surface area contributed by atoms with Crippen LogP contribution in [0.4, 0.5) is 4.79 Å². The van der Waals surface area contributed by atoms with Crippen LogP contribution in [0.15, 0.2) is 17.0 Å². The molecule has 0 saturated carbocycles. The number of hydrogen-bond donors (Lipinski definition) is 1. The largest absolute Gasteiger partial charge is 0.504 e. The summed E-state index contributed by atoms with van der Waals surface area (Å²) in [6.07, 6.45) is 1.61. The molecule has 0 unspecified atom stereocenters. The number of benzene rings is 1. The van der Waals surface area contributed by atoms with Gasteiger partial charge in [0.25, 0.3) is 11.1 Å². The molecule has 1 N–H and O–H groups in total. The van der Waals surface area contributed by atoms with Gasteiger partial charge in [0.15, 0.2) is 11.5 Å². The van der Waals surface area contributed by atoms with E-state index < -0.39 is 0 Å². The van der Waals surface area contributed by atoms with E-state index in [1.165, 1.54) is 14.2 Å². The number of halogens is 1. The van der Waals surface area contributed by atoms with Crippen LogP contribution in [0.3, 0.4) is 0 Å². The minimum absolute atomic E-state index is 0.0495. The van der Waals surface area contributed by atoms with Crippen molar-refractivity contribution in [2.75, 3.05) is 27.4 Å². The highest BCUT2D eigenvalue weighted by atomic mass is 127. The lowest BCUT2D eigenvalue weighted by Crippen LogP contribution is -2.31. The fraction of sp³-hybridized carbons (Fsp3) is 0.286. The molecule has 1 aliphatic heterocycles. The Morgan fingerprint density at radius 1 is 1.36 bits per heavy atom. The zero-order chi connectivity index (χ0) is 16.3. The molecular formula is C14H14INO5S. The molecule has 1 aliphatic rings. The van der Waals surface area contributed by atoms with Crippen molar-refractivity contribution in [1.29, 1.82) is 0 Å². The summed E-state index contributed by atoms with van der Waals surface area (Å²) >= 11 is 2.86. The Hall–Kier alpha value is -1.26. The summed E-state index contributed by atoms with van der Waals surface area (Å²) in [5.74, 6) is 0.0271. The Bertz CT molecular complexity index is 646. The third kappa shape index (κ3) is 3.55. The maximum absolute atomic E-state index is 12.2. The lowest BCUT2D eigenvalue weighted by Gasteiger charge is -2.10. The monoisotopic (exact) mass is 435 g/mol. The van der Waals surface area contributed by atoms with Crippen molar-refractivity contribution in [2.24, 2.45) is 0 Å². The van der Waals surface area contributed by atoms with E-state index in [1.807, 2.05) is 22.6 Å². The average molecular weight is 435 g/mol. The number of phenols is 1. The summed E-state index contributed by atoms with van der Waals surface area (Å²) in [6.45, 7) is 0.533. The first-order valence-corrected chi connectivity index (χ1v) is 8.18. The molecule has 0 spiro atoms. The molecule has 8 heteroatoms. The first-order valence-electron chi connectivity index (χ1n) is 6.28. The van der Waals surface area contributed by atoms with Crippen LogP contribution in [0.25, 0.3) is 6.08 Å². The third-order valence-electron chi connectivity index (χ3n) is 2.96. The van der Waals surface area contributed by atoms with E-state index in [-0.39, 0.29) is 23.4 Å². The highest BCUT2D eigenvalue weighted by molar-refractivity contribution is 14.1. The summed E-state index contributed by atoms with van der Waals surface area (Å²) in [5.41, 5.74) is 0.677. The molecule has 1 fully saturated rings. The van der Waals surface area contributed by atoms with Crippen molar-refractivity contribution in [3.63, 3.8) is 0 Å². The summed E-state index contributed by atoms with van der Waals surface area (Å²) < 4.78 is 10.6. The number of thioether (sulfide) groups is 1. The lowest BCUT2D eigenvalue weighted by atomic mass is 10.2. The molecule has 0 bridgehead atoms. The number of phenolic OH excluding ortho intramolecular Hbond substituents is 1. The average Bonchev–Trinajstić information content (AvgIpc) is 2.75. The van der Waals surface area contributed by atoms with Gasteiger partial charge in [0.05, 0.1) is 28.7 Å². The molecule has 1 heterocycles. The van der Waals surface area contributed by atoms with Crippen LogP contribution in [-0.4, -0.2) is 48.5 Å². The Balaban J connectivity index is 2.29. The topological polar surface area (TPSA) is 76.1 Å². The third-order valence-corrected chi connectivity index (χ3v) is 4.69. The van der Waals surface area contributed by atoms with Crippen LogP contribution in [-0.2, 0) is 9.53 Å². The van der Waals surface area contributed by atoms with E-state index in [0.29, 0.717) is 26.4 Å². The Kier molecular flexibility index (Phi) is 5.70. The fourth-order valence-corrected chi connectivity index (χ4v) is 3.35. The van der Waals surface area contributed by atoms with Gasteiger partial charge >= 0.3 is 0 Å². The van der Waals surface area contributed by atoms with Crippen LogP contribution in [0, 0.1) is 3.57 Å². The Labute approximate surface area is 145 Å². The van der Waals surface area contributed by atoms with E-state index in [4.69, 9.17) is 9.47 Å². The van der Waals surface area contributed by atoms with Crippen LogP contribution in [0.5, 0.6) is 11.5 Å². The summed E-state index contributed by atoms with van der Waals surface area (Å²) in [5, 5.41) is 9.50. The van der Waals surface area contributed by atoms with Crippen LogP contribution >= 0.6 is 34.4 Å². The molecule has 0 aromatic heterocycles. The van der Waals surface area contributed by atoms with E-state index in [2.05, 4.69) is 0 Å². The zero-order valence-corrected chi connectivity index (χ0v) is 14.9. The number of methoxy groups -OCH3 is 2. The van der Waals surface area contributed by atoms with Gasteiger partial charge < -0.3 is 14.6 Å². The number of ether oxygens (including phenoxy) is 2. The molecule has 0 atom stereocenters. The SMILES string of the molecule is COCCN1C(=O)SC(=Cc2cc(I)c(O)c(OC)c2)C1=O. The summed E-state index contributed by atoms with van der Waals surface area (Å²) in [4.78, 5) is 25.5. The number of carbonyl (C=O) groups is 2. The van der Waals surface area contributed by atoms with E-state index in [1.54, 1.807) is 18.2 Å². The van der Waals surface area contributed by atoms with Crippen LogP contribution in [0.2, 0.25) is 0 Å². The van der Waals surface area contributed by atoms with Crippen molar-refractivity contribution >= 4 is 51.6 Å². The van der Waals surface area contributed by atoms with Gasteiger partial charge in [0, 0.05) is 7.11 Å². The van der Waals surface area contributed by atoms with Crippen molar-refractivity contribution in [2.45, 2.75) is 0 Å². The van der Waals surface area contributed by atoms with Gasteiger partial charge in [0.1, 0.15) is 0 Å². The maximum Gasteiger partial charge on any atom is 0.293 e. The predicted molar refractivity (Wildman–Crippen MR) is 91.9 cm³/mol. The minimum atomic E-state index is -0.339. The van der Waals surface area contributed by atoms with Crippen molar-refractivity contribution in [3.8, 4) is 11.5 Å². The van der Waals surface area contributed by atoms with Gasteiger partial charge in [-0.05, 0) is 58.1 Å². The molecule has 118 valence electrons. The Morgan fingerprint density at radius 2 is 2.09 bits per heavy atom. The lowest BCUT2D eigenvalue weighted by molar-refractivity contribution is -0.123. The minimum Gasteiger partial charge on any atom is -0.504 e. The summed E-state index contributed by atoms with van der Waals surface area (Å²) in [6, 6.07) is 3.32. The quantitative estimate of drug-likeness (QED) is 0.567. The number of imide groups is 1. The number of amides is 2. The van der Waals surface area contributed by atoms with Crippen LogP contribution in [0.1, 0.15) is 5.56 Å². The van der Waals surface area contributed by atoms with E-state index in [9.17, 15) is 14.7 Å². The molecule has 2 amide bonds. The van der Waals surface area contributed by atoms with Crippen molar-refractivity contribution < 1.29 is 24.2 Å². The highest BCUT2D eigenvalue weighted by Gasteiger charge is 2.34. The van der Waals surface area contributed by atoms with Crippen molar-refractivity contribution in [1.82, 2.24) is 4.90 Å². The number of carbonyl (C=O) groups excluding carboxylic acids is 2. The second kappa shape index (κ2) is 7.34. The van der Waals surface area contributed by atoms with Gasteiger partial charge in [0.2, 0.25) is 0 Å². The molecule has 0 aliphatic carbocycles. The molecule has 2 rings (SSSR count). The van der Waals surface area contributed by atoms with Crippen LogP contribution < -0.4 is 4.74 Å². The smallest absolute Gasteiger partial charge is 0.293 e. The number of rotatable bonds is 5. The van der Waals surface area contributed by atoms with Gasteiger partial charge in [-0.3, -0.25) is 14.5 Å². The first kappa shape index (κ1) is 17.1. The molecular weight excluding hydrogens is 421 g/mol. The maximum atomic E-state index is 12.2. The fourth-order valence-electron chi connectivity index (χ4n) is 1.86. The predicted octanol–water partition coefficient (Wildman–Crippen LogP) is 2.69.